The molecule has 0 radical (unpaired) electrons. The minimum Gasteiger partial charge on any atom is -0.336 e. The topological polar surface area (TPSA) is 97.8 Å². The molecule has 1 atom stereocenters. The predicted molar refractivity (Wildman–Crippen MR) is 76.7 cm³/mol. The minimum atomic E-state index is -3.55. The van der Waals surface area contributed by atoms with Crippen LogP contribution in [-0.2, 0) is 21.4 Å². The summed E-state index contributed by atoms with van der Waals surface area (Å²) in [7, 11) is -3.55. The monoisotopic (exact) mass is 308 g/mol. The number of likely N-dealkylation sites (tertiary alicyclic amines) is 1. The molecule has 1 amide bonds. The first-order valence-electron chi connectivity index (χ1n) is 6.61. The molecular weight excluding hydrogens is 292 g/mol. The molecule has 7 nitrogen and oxygen atoms in total. The van der Waals surface area contributed by atoms with Crippen LogP contribution in [0, 0.1) is 5.92 Å². The summed E-state index contributed by atoms with van der Waals surface area (Å²) in [6.45, 7) is 0.796. The van der Waals surface area contributed by atoms with Crippen molar-refractivity contribution in [2.24, 2.45) is 11.1 Å². The van der Waals surface area contributed by atoms with Gasteiger partial charge < -0.3 is 9.30 Å². The van der Waals surface area contributed by atoms with Crippen molar-refractivity contribution < 1.29 is 13.2 Å². The number of pyridine rings is 1. The Morgan fingerprint density at radius 1 is 1.38 bits per heavy atom. The summed E-state index contributed by atoms with van der Waals surface area (Å²) in [5.74, 6) is -0.439. The van der Waals surface area contributed by atoms with E-state index in [1.54, 1.807) is 4.90 Å². The molecule has 0 bridgehead atoms. The van der Waals surface area contributed by atoms with Crippen molar-refractivity contribution in [3.63, 3.8) is 0 Å². The average Bonchev–Trinajstić information content (AvgIpc) is 2.91. The molecule has 2 aromatic heterocycles. The number of sulfonamides is 1. The standard InChI is InChI=1S/C13H16N4O3S/c14-21(19,20)9-10-5-13(18)17(6-10)8-11-7-16-4-2-1-3-12(16)15-11/h1-4,7,10H,5-6,8-9H2,(H2,14,19,20). The van der Waals surface area contributed by atoms with Crippen LogP contribution >= 0.6 is 0 Å². The summed E-state index contributed by atoms with van der Waals surface area (Å²) in [5.41, 5.74) is 1.60. The number of carbonyl (C=O) groups excluding carboxylic acids is 1. The number of primary sulfonamides is 1. The number of fused-ring (bicyclic) bond motifs is 1. The number of imidazole rings is 1. The number of carbonyl (C=O) groups is 1. The van der Waals surface area contributed by atoms with Crippen LogP contribution < -0.4 is 5.14 Å². The fraction of sp³-hybridized carbons (Fsp3) is 0.385. The molecule has 2 N–H and O–H groups in total. The van der Waals surface area contributed by atoms with Gasteiger partial charge in [-0.2, -0.15) is 0 Å². The Bertz CT molecular complexity index is 751. The van der Waals surface area contributed by atoms with Gasteiger partial charge in [-0.3, -0.25) is 4.79 Å². The van der Waals surface area contributed by atoms with E-state index in [9.17, 15) is 13.2 Å². The van der Waals surface area contributed by atoms with Gasteiger partial charge in [-0.1, -0.05) is 6.07 Å². The summed E-state index contributed by atoms with van der Waals surface area (Å²) in [5, 5.41) is 5.04. The summed E-state index contributed by atoms with van der Waals surface area (Å²) in [4.78, 5) is 18.0. The summed E-state index contributed by atoms with van der Waals surface area (Å²) in [6.07, 6.45) is 3.99. The van der Waals surface area contributed by atoms with Gasteiger partial charge in [-0.15, -0.1) is 0 Å². The molecule has 1 unspecified atom stereocenters. The van der Waals surface area contributed by atoms with Crippen LogP contribution in [0.25, 0.3) is 5.65 Å². The van der Waals surface area contributed by atoms with Gasteiger partial charge in [0.15, 0.2) is 0 Å². The Morgan fingerprint density at radius 2 is 2.19 bits per heavy atom. The number of nitrogens with zero attached hydrogens (tertiary/aromatic N) is 3. The molecule has 112 valence electrons. The number of hydrogen-bond donors (Lipinski definition) is 1. The first kappa shape index (κ1) is 14.0. The first-order chi connectivity index (χ1) is 9.90. The Morgan fingerprint density at radius 3 is 2.90 bits per heavy atom. The highest BCUT2D eigenvalue weighted by molar-refractivity contribution is 7.89. The number of aromatic nitrogens is 2. The second kappa shape index (κ2) is 5.12. The average molecular weight is 308 g/mol. The van der Waals surface area contributed by atoms with Gasteiger partial charge in [0.1, 0.15) is 5.65 Å². The highest BCUT2D eigenvalue weighted by Crippen LogP contribution is 2.21. The van der Waals surface area contributed by atoms with Crippen molar-refractivity contribution in [1.29, 1.82) is 0 Å². The lowest BCUT2D eigenvalue weighted by molar-refractivity contribution is -0.128. The van der Waals surface area contributed by atoms with E-state index in [2.05, 4.69) is 4.98 Å². The predicted octanol–water partition coefficient (Wildman–Crippen LogP) is -0.0287. The van der Waals surface area contributed by atoms with Crippen molar-refractivity contribution >= 4 is 21.6 Å². The van der Waals surface area contributed by atoms with Gasteiger partial charge in [0.05, 0.1) is 18.0 Å². The normalized spacial score (nSPS) is 19.6. The maximum absolute atomic E-state index is 11.9. The van der Waals surface area contributed by atoms with E-state index in [1.807, 2.05) is 35.0 Å². The molecule has 1 aliphatic rings. The second-order valence-electron chi connectivity index (χ2n) is 5.37. The van der Waals surface area contributed by atoms with E-state index in [-0.39, 0.29) is 24.0 Å². The smallest absolute Gasteiger partial charge is 0.223 e. The van der Waals surface area contributed by atoms with Crippen LogP contribution in [0.4, 0.5) is 0 Å². The molecular formula is C13H16N4O3S. The lowest BCUT2D eigenvalue weighted by Crippen LogP contribution is -2.27. The molecule has 0 spiro atoms. The highest BCUT2D eigenvalue weighted by atomic mass is 32.2. The van der Waals surface area contributed by atoms with E-state index in [4.69, 9.17) is 5.14 Å². The summed E-state index contributed by atoms with van der Waals surface area (Å²) < 4.78 is 24.1. The van der Waals surface area contributed by atoms with Gasteiger partial charge in [0.2, 0.25) is 15.9 Å². The molecule has 0 saturated carbocycles. The first-order valence-corrected chi connectivity index (χ1v) is 8.33. The molecule has 1 fully saturated rings. The van der Waals surface area contributed by atoms with Crippen LogP contribution in [0.2, 0.25) is 0 Å². The lowest BCUT2D eigenvalue weighted by Gasteiger charge is -2.14. The number of amides is 1. The summed E-state index contributed by atoms with van der Waals surface area (Å²) in [6, 6.07) is 5.69. The fourth-order valence-corrected chi connectivity index (χ4v) is 3.59. The molecule has 0 aromatic carbocycles. The molecule has 3 heterocycles. The maximum Gasteiger partial charge on any atom is 0.223 e. The molecule has 1 saturated heterocycles. The third kappa shape index (κ3) is 3.22. The molecule has 8 heteroatoms. The Balaban J connectivity index is 1.71. The SMILES string of the molecule is NS(=O)(=O)CC1CC(=O)N(Cc2cn3ccccc3n2)C1. The number of nitrogens with two attached hydrogens (primary N) is 1. The van der Waals surface area contributed by atoms with Gasteiger partial charge >= 0.3 is 0 Å². The van der Waals surface area contributed by atoms with Gasteiger partial charge in [-0.25, -0.2) is 18.5 Å². The Hall–Kier alpha value is -1.93. The van der Waals surface area contributed by atoms with E-state index >= 15 is 0 Å². The third-order valence-corrected chi connectivity index (χ3v) is 4.47. The lowest BCUT2D eigenvalue weighted by atomic mass is 10.1. The zero-order valence-corrected chi connectivity index (χ0v) is 12.2. The van der Waals surface area contributed by atoms with Crippen LogP contribution in [-0.4, -0.2) is 40.9 Å². The largest absolute Gasteiger partial charge is 0.336 e. The summed E-state index contributed by atoms with van der Waals surface area (Å²) >= 11 is 0. The van der Waals surface area contributed by atoms with Crippen molar-refractivity contribution in [2.45, 2.75) is 13.0 Å². The van der Waals surface area contributed by atoms with Gasteiger partial charge in [-0.05, 0) is 12.1 Å². The van der Waals surface area contributed by atoms with Crippen LogP contribution in [0.1, 0.15) is 12.1 Å². The van der Waals surface area contributed by atoms with Gasteiger partial charge in [0.25, 0.3) is 0 Å². The molecule has 3 rings (SSSR count). The fourth-order valence-electron chi connectivity index (χ4n) is 2.71. The Labute approximate surface area is 122 Å². The zero-order chi connectivity index (χ0) is 15.0. The van der Waals surface area contributed by atoms with Crippen LogP contribution in [0.3, 0.4) is 0 Å². The maximum atomic E-state index is 11.9. The van der Waals surface area contributed by atoms with E-state index in [0.717, 1.165) is 11.3 Å². The second-order valence-corrected chi connectivity index (χ2v) is 7.03. The Kier molecular flexibility index (Phi) is 3.42. The van der Waals surface area contributed by atoms with Gasteiger partial charge in [0, 0.05) is 31.3 Å². The number of rotatable bonds is 4. The van der Waals surface area contributed by atoms with Crippen LogP contribution in [0.15, 0.2) is 30.6 Å². The molecule has 2 aromatic rings. The van der Waals surface area contributed by atoms with E-state index < -0.39 is 10.0 Å². The van der Waals surface area contributed by atoms with Crippen molar-refractivity contribution in [2.75, 3.05) is 12.3 Å². The molecule has 0 aliphatic carbocycles. The third-order valence-electron chi connectivity index (χ3n) is 3.53. The quantitative estimate of drug-likeness (QED) is 0.857. The van der Waals surface area contributed by atoms with Crippen molar-refractivity contribution in [1.82, 2.24) is 14.3 Å². The van der Waals surface area contributed by atoms with Crippen molar-refractivity contribution in [3.8, 4) is 0 Å². The minimum absolute atomic E-state index is 0.0549. The van der Waals surface area contributed by atoms with E-state index in [1.165, 1.54) is 0 Å². The van der Waals surface area contributed by atoms with Crippen molar-refractivity contribution in [3.05, 3.63) is 36.3 Å². The molecule has 1 aliphatic heterocycles. The highest BCUT2D eigenvalue weighted by Gasteiger charge is 2.32. The molecule has 21 heavy (non-hydrogen) atoms. The zero-order valence-electron chi connectivity index (χ0n) is 11.3. The van der Waals surface area contributed by atoms with E-state index in [0.29, 0.717) is 13.1 Å². The number of hydrogen-bond acceptors (Lipinski definition) is 4. The van der Waals surface area contributed by atoms with Crippen LogP contribution in [0.5, 0.6) is 0 Å².